The van der Waals surface area contributed by atoms with Crippen molar-refractivity contribution >= 4 is 29.4 Å². The Balaban J connectivity index is 1.70. The van der Waals surface area contributed by atoms with Gasteiger partial charge in [0.05, 0.1) is 0 Å². The van der Waals surface area contributed by atoms with Gasteiger partial charge in [-0.3, -0.25) is 0 Å². The first-order chi connectivity index (χ1) is 15.9. The number of nitrogens with zero attached hydrogens (tertiary/aromatic N) is 4. The first-order valence-corrected chi connectivity index (χ1v) is 14.4. The van der Waals surface area contributed by atoms with Crippen molar-refractivity contribution < 1.29 is 0 Å². The van der Waals surface area contributed by atoms with E-state index in [1.807, 2.05) is 0 Å². The van der Waals surface area contributed by atoms with Crippen molar-refractivity contribution in [2.75, 3.05) is 13.7 Å². The van der Waals surface area contributed by atoms with Crippen molar-refractivity contribution in [3.63, 3.8) is 0 Å². The Hall–Kier alpha value is -3.23. The topological polar surface area (TPSA) is 13.0 Å². The summed E-state index contributed by atoms with van der Waals surface area (Å²) in [4.78, 5) is 4.99. The molecule has 5 aliphatic heterocycles. The van der Waals surface area contributed by atoms with Crippen molar-refractivity contribution in [3.05, 3.63) is 107 Å². The normalized spacial score (nSPS) is 28.1. The summed E-state index contributed by atoms with van der Waals surface area (Å²) in [5.74, 6) is 0.388. The predicted octanol–water partition coefficient (Wildman–Crippen LogP) is 4.84. The van der Waals surface area contributed by atoms with Gasteiger partial charge < -0.3 is 0 Å². The molecule has 0 radical (unpaired) electrons. The van der Waals surface area contributed by atoms with E-state index in [0.717, 1.165) is 0 Å². The molecule has 0 bridgehead atoms. The third-order valence-electron chi connectivity index (χ3n) is 8.71. The van der Waals surface area contributed by atoms with Crippen LogP contribution in [0.5, 0.6) is 0 Å². The van der Waals surface area contributed by atoms with Crippen molar-refractivity contribution in [1.82, 2.24) is 19.8 Å². The molecule has 0 N–H and O–H groups in total. The summed E-state index contributed by atoms with van der Waals surface area (Å²) in [5.41, 5.74) is 7.95. The number of rotatable bonds is 2. The van der Waals surface area contributed by atoms with E-state index in [4.69, 9.17) is 0 Å². The standard InChI is InChI=1S/C28H29N4P/c1-6-21-11-7-9-13-25(21)33(5)26-14-10-8-12-22(26)15-16-30-18-24-20(3)19(2)23-17-29(4)27(33)31(23)32(24)28(30)33/h6-18,27-28H,1H2,2-5H3. The van der Waals surface area contributed by atoms with Gasteiger partial charge in [-0.05, 0) is 0 Å². The van der Waals surface area contributed by atoms with Crippen LogP contribution in [-0.4, -0.2) is 45.3 Å². The second-order valence-electron chi connectivity index (χ2n) is 10.2. The molecular weight excluding hydrogens is 423 g/mol. The molecule has 4 nitrogen and oxygen atoms in total. The van der Waals surface area contributed by atoms with Crippen molar-refractivity contribution in [2.45, 2.75) is 25.7 Å². The van der Waals surface area contributed by atoms with E-state index in [1.165, 1.54) is 44.3 Å². The monoisotopic (exact) mass is 452 g/mol. The Morgan fingerprint density at radius 3 is 2.24 bits per heavy atom. The molecule has 0 amide bonds. The second kappa shape index (κ2) is 5.81. The third-order valence-corrected chi connectivity index (χ3v) is 15.5. The number of allylic oxidation sites excluding steroid dienone is 2. The molecule has 1 fully saturated rings. The Morgan fingerprint density at radius 2 is 1.48 bits per heavy atom. The number of hydrogen-bond donors (Lipinski definition) is 0. The molecule has 33 heavy (non-hydrogen) atoms. The van der Waals surface area contributed by atoms with Gasteiger partial charge in [0.2, 0.25) is 0 Å². The summed E-state index contributed by atoms with van der Waals surface area (Å²) in [6, 6.07) is 18.1. The van der Waals surface area contributed by atoms with E-state index < -0.39 is 6.60 Å². The minimum absolute atomic E-state index is 0.186. The Bertz CT molecular complexity index is 1400. The molecule has 2 unspecified atom stereocenters. The molecule has 5 heterocycles. The fraction of sp³-hybridized carbons (Fsp3) is 0.214. The average Bonchev–Trinajstić information content (AvgIpc) is 3.44. The quantitative estimate of drug-likeness (QED) is 0.605. The van der Waals surface area contributed by atoms with Crippen LogP contribution >= 0.6 is 6.60 Å². The summed E-state index contributed by atoms with van der Waals surface area (Å²) in [6.45, 7) is 8.40. The van der Waals surface area contributed by atoms with Gasteiger partial charge in [0.25, 0.3) is 0 Å². The fourth-order valence-electron chi connectivity index (χ4n) is 7.29. The van der Waals surface area contributed by atoms with Gasteiger partial charge in [0, 0.05) is 0 Å². The number of hydrogen-bond acceptors (Lipinski definition) is 4. The number of fused-ring (bicyclic) bond motifs is 3. The third kappa shape index (κ3) is 1.84. The summed E-state index contributed by atoms with van der Waals surface area (Å²) < 4.78 is 0. The summed E-state index contributed by atoms with van der Waals surface area (Å²) >= 11 is 0. The molecule has 2 aromatic carbocycles. The van der Waals surface area contributed by atoms with Crippen LogP contribution in [0.2, 0.25) is 0 Å². The van der Waals surface area contributed by atoms with Crippen LogP contribution in [0.25, 0.3) is 12.2 Å². The van der Waals surface area contributed by atoms with E-state index >= 15 is 0 Å². The van der Waals surface area contributed by atoms with E-state index in [-0.39, 0.29) is 11.8 Å². The van der Waals surface area contributed by atoms with Gasteiger partial charge in [-0.25, -0.2) is 0 Å². The Labute approximate surface area is 196 Å². The Morgan fingerprint density at radius 1 is 0.848 bits per heavy atom. The molecular formula is C28H29N4P. The molecule has 0 aromatic heterocycles. The summed E-state index contributed by atoms with van der Waals surface area (Å²) in [7, 11) is 2.27. The summed E-state index contributed by atoms with van der Waals surface area (Å²) in [6.07, 6.45) is 11.4. The van der Waals surface area contributed by atoms with Crippen molar-refractivity contribution in [3.8, 4) is 0 Å². The summed E-state index contributed by atoms with van der Waals surface area (Å²) in [5, 5.41) is 8.15. The second-order valence-corrected chi connectivity index (χ2v) is 15.5. The van der Waals surface area contributed by atoms with Gasteiger partial charge >= 0.3 is 196 Å². The van der Waals surface area contributed by atoms with Crippen LogP contribution in [0, 0.1) is 0 Å². The van der Waals surface area contributed by atoms with E-state index in [0.29, 0.717) is 0 Å². The van der Waals surface area contributed by atoms with Crippen LogP contribution in [0.3, 0.4) is 0 Å². The first kappa shape index (κ1) is 19.3. The van der Waals surface area contributed by atoms with E-state index in [9.17, 15) is 0 Å². The van der Waals surface area contributed by atoms with Crippen molar-refractivity contribution in [1.29, 1.82) is 0 Å². The van der Waals surface area contributed by atoms with Gasteiger partial charge in [-0.15, -0.1) is 0 Å². The first-order valence-electron chi connectivity index (χ1n) is 11.6. The number of benzene rings is 2. The van der Waals surface area contributed by atoms with Gasteiger partial charge in [0.1, 0.15) is 0 Å². The van der Waals surface area contributed by atoms with Crippen LogP contribution in [0.4, 0.5) is 0 Å². The molecule has 2 aromatic rings. The maximum atomic E-state index is 4.25. The minimum atomic E-state index is -3.02. The van der Waals surface area contributed by atoms with Crippen LogP contribution in [0.15, 0.2) is 96.3 Å². The zero-order valence-electron chi connectivity index (χ0n) is 19.6. The SMILES string of the molecule is C=Cc1ccccc1P12(C)c3ccccc3C=CN3C=C4C(C)=C(C)C5=CN(C)C1N5N4C32. The van der Waals surface area contributed by atoms with E-state index in [2.05, 4.69) is 133 Å². The zero-order chi connectivity index (χ0) is 22.7. The van der Waals surface area contributed by atoms with Gasteiger partial charge in [0.15, 0.2) is 0 Å². The van der Waals surface area contributed by atoms with E-state index in [1.54, 1.807) is 0 Å². The molecule has 7 rings (SSSR count). The van der Waals surface area contributed by atoms with Crippen molar-refractivity contribution in [2.24, 2.45) is 0 Å². The van der Waals surface area contributed by atoms with Crippen LogP contribution in [-0.2, 0) is 0 Å². The van der Waals surface area contributed by atoms with Crippen LogP contribution < -0.4 is 10.6 Å². The molecule has 2 atom stereocenters. The molecule has 5 heteroatoms. The number of hydrazine groups is 1. The average molecular weight is 453 g/mol. The van der Waals surface area contributed by atoms with Gasteiger partial charge in [-0.1, -0.05) is 0 Å². The molecule has 5 aliphatic rings. The van der Waals surface area contributed by atoms with Gasteiger partial charge in [-0.2, -0.15) is 0 Å². The predicted molar refractivity (Wildman–Crippen MR) is 140 cm³/mol. The molecule has 1 saturated heterocycles. The van der Waals surface area contributed by atoms with Crippen LogP contribution in [0.1, 0.15) is 25.0 Å². The maximum absolute atomic E-state index is 4.25. The fourth-order valence-corrected chi connectivity index (χ4v) is 14.9. The Kier molecular flexibility index (Phi) is 3.39. The zero-order valence-corrected chi connectivity index (χ0v) is 20.5. The molecule has 166 valence electrons. The molecule has 0 saturated carbocycles. The molecule has 0 aliphatic carbocycles. The molecule has 0 spiro atoms.